The Labute approximate surface area is 230 Å². The number of fused-ring (bicyclic) bond motifs is 4. The first-order valence-corrected chi connectivity index (χ1v) is 16.0. The van der Waals surface area contributed by atoms with Gasteiger partial charge in [-0.2, -0.15) is 0 Å². The highest BCUT2D eigenvalue weighted by atomic mass is 31.2. The Balaban J connectivity index is 1.54. The van der Waals surface area contributed by atoms with Gasteiger partial charge in [-0.05, 0) is 74.7 Å². The lowest BCUT2D eigenvalue weighted by Crippen LogP contribution is -2.38. The number of hydrogen-bond donors (Lipinski definition) is 0. The van der Waals surface area contributed by atoms with Crippen LogP contribution in [0, 0.1) is 20.8 Å². The van der Waals surface area contributed by atoms with E-state index in [0.29, 0.717) is 0 Å². The smallest absolute Gasteiger partial charge is 0.124 e. The van der Waals surface area contributed by atoms with E-state index in [4.69, 9.17) is 0 Å². The topological polar surface area (TPSA) is 6.02 Å². The predicted octanol–water partition coefficient (Wildman–Crippen LogP) is 6.69. The maximum atomic E-state index is 2.79. The maximum Gasteiger partial charge on any atom is 0.449 e. The van der Waals surface area contributed by atoms with Gasteiger partial charge in [-0.15, -0.1) is 4.58 Å². The van der Waals surface area contributed by atoms with Gasteiger partial charge >= 0.3 is 5.91 Å². The number of rotatable bonds is 3. The van der Waals surface area contributed by atoms with Gasteiger partial charge in [0.25, 0.3) is 11.4 Å². The summed E-state index contributed by atoms with van der Waals surface area (Å²) in [5, 5.41) is 5.75. The summed E-state index contributed by atoms with van der Waals surface area (Å²) >= 11 is 0. The minimum Gasteiger partial charge on any atom is -0.124 e. The molecule has 1 atom stereocenters. The van der Waals surface area contributed by atoms with E-state index >= 15 is 0 Å². The van der Waals surface area contributed by atoms with E-state index < -0.39 is 7.26 Å². The number of benzene rings is 5. The molecular weight excluding hydrogens is 491 g/mol. The van der Waals surface area contributed by atoms with Gasteiger partial charge in [0.2, 0.25) is 12.9 Å². The van der Waals surface area contributed by atoms with Gasteiger partial charge in [0, 0.05) is 16.5 Å². The quantitative estimate of drug-likeness (QED) is 0.184. The van der Waals surface area contributed by atoms with Crippen LogP contribution in [0.1, 0.15) is 27.8 Å². The molecule has 1 fully saturated rings. The molecule has 0 spiro atoms. The number of hydrogen-bond acceptors (Lipinski definition) is 0. The van der Waals surface area contributed by atoms with Gasteiger partial charge in [0.15, 0.2) is 6.54 Å². The van der Waals surface area contributed by atoms with Gasteiger partial charge in [-0.25, -0.2) is 0 Å². The summed E-state index contributed by atoms with van der Waals surface area (Å²) in [6, 6.07) is 41.3. The first-order valence-electron chi connectivity index (χ1n) is 14.0. The van der Waals surface area contributed by atoms with Crippen molar-refractivity contribution in [1.29, 1.82) is 0 Å². The van der Waals surface area contributed by atoms with Gasteiger partial charge in [0.1, 0.15) is 16.8 Å². The van der Waals surface area contributed by atoms with Gasteiger partial charge in [-0.1, -0.05) is 70.8 Å². The molecule has 3 aliphatic rings. The molecule has 5 aromatic rings. The zero-order chi connectivity index (χ0) is 26.3. The van der Waals surface area contributed by atoms with Crippen molar-refractivity contribution < 1.29 is 9.15 Å². The second kappa shape index (κ2) is 8.31. The molecule has 2 heterocycles. The summed E-state index contributed by atoms with van der Waals surface area (Å²) in [5.74, 6) is 0.246. The van der Waals surface area contributed by atoms with Crippen LogP contribution in [0.25, 0.3) is 10.8 Å². The molecule has 0 amide bonds. The van der Waals surface area contributed by atoms with Crippen LogP contribution in [0.4, 0.5) is 5.69 Å². The summed E-state index contributed by atoms with van der Waals surface area (Å²) < 4.78 is 5.58. The second-order valence-corrected chi connectivity index (χ2v) is 15.0. The first kappa shape index (κ1) is 23.1. The highest BCUT2D eigenvalue weighted by Gasteiger charge is 2.74. The van der Waals surface area contributed by atoms with E-state index in [1.807, 2.05) is 0 Å². The Morgan fingerprint density at radius 1 is 0.641 bits per heavy atom. The third-order valence-electron chi connectivity index (χ3n) is 9.08. The van der Waals surface area contributed by atoms with E-state index in [1.54, 1.807) is 0 Å². The molecule has 2 nitrogen and oxygen atoms in total. The van der Waals surface area contributed by atoms with Crippen molar-refractivity contribution >= 4 is 45.8 Å². The van der Waals surface area contributed by atoms with Gasteiger partial charge in [-0.3, -0.25) is 0 Å². The lowest BCUT2D eigenvalue weighted by atomic mass is 10.0. The molecule has 8 rings (SSSR count). The van der Waals surface area contributed by atoms with Crippen LogP contribution in [-0.4, -0.2) is 39.2 Å². The monoisotopic (exact) mass is 523 g/mol. The standard InChI is InChI=1S/C36H32N2P/c1-24-22-25(2)33(26(3)23-24)38-35-31-19-11-13-27-12-10-18-30(32(27)31)34(35)37-20-21-39(36(37)38,28-14-6-4-7-15-28)29-16-8-5-9-17-29/h4-19,22-23,36H,20-21H2,1-3H3/q+3. The Kier molecular flexibility index (Phi) is 4.91. The molecule has 5 aromatic carbocycles. The van der Waals surface area contributed by atoms with Crippen molar-refractivity contribution in [3.8, 4) is 0 Å². The summed E-state index contributed by atoms with van der Waals surface area (Å²) in [7, 11) is -1.86. The Bertz CT molecular complexity index is 1810. The molecule has 1 saturated heterocycles. The molecular formula is C36H32N2P+3. The molecule has 0 radical (unpaired) electrons. The molecule has 1 aliphatic carbocycles. The van der Waals surface area contributed by atoms with Crippen LogP contribution in [0.5, 0.6) is 0 Å². The average molecular weight is 524 g/mol. The molecule has 2 aliphatic heterocycles. The zero-order valence-electron chi connectivity index (χ0n) is 22.7. The molecule has 0 saturated carbocycles. The number of nitrogens with zero attached hydrogens (tertiary/aromatic N) is 2. The van der Waals surface area contributed by atoms with E-state index in [9.17, 15) is 0 Å². The third-order valence-corrected chi connectivity index (χ3v) is 13.7. The molecule has 39 heavy (non-hydrogen) atoms. The maximum absolute atomic E-state index is 2.79. The van der Waals surface area contributed by atoms with Crippen LogP contribution in [-0.2, 0) is 0 Å². The van der Waals surface area contributed by atoms with E-state index in [-0.39, 0.29) is 5.91 Å². The first-order chi connectivity index (χ1) is 19.1. The van der Waals surface area contributed by atoms with Crippen LogP contribution in [0.2, 0.25) is 0 Å². The lowest BCUT2D eigenvalue weighted by Gasteiger charge is -2.22. The summed E-state index contributed by atoms with van der Waals surface area (Å²) in [4.78, 5) is 0. The molecule has 0 aromatic heterocycles. The van der Waals surface area contributed by atoms with Gasteiger partial charge in [0.05, 0.1) is 11.1 Å². The molecule has 0 bridgehead atoms. The summed E-state index contributed by atoms with van der Waals surface area (Å²) in [6.45, 7) is 7.89. The highest BCUT2D eigenvalue weighted by molar-refractivity contribution is 7.90. The molecule has 1 unspecified atom stereocenters. The fraction of sp³-hybridized carbons (Fsp3) is 0.167. The van der Waals surface area contributed by atoms with Crippen molar-refractivity contribution in [2.45, 2.75) is 26.7 Å². The normalized spacial score (nSPS) is 18.7. The zero-order valence-corrected chi connectivity index (χ0v) is 23.6. The Hall–Kier alpha value is -3.87. The fourth-order valence-corrected chi connectivity index (χ4v) is 12.6. The Morgan fingerprint density at radius 2 is 1.21 bits per heavy atom. The summed E-state index contributed by atoms with van der Waals surface area (Å²) in [6.07, 6.45) is 1.18. The van der Waals surface area contributed by atoms with Crippen LogP contribution in [0.3, 0.4) is 0 Å². The Morgan fingerprint density at radius 3 is 1.79 bits per heavy atom. The SMILES string of the molecule is Cc1cc(C)c([N+]2=C3C(=[N+]4CC[P+](c5ccccc5)(c5ccccc5)C42)c2cccc4cccc3c24)c(C)c1. The largest absolute Gasteiger partial charge is 0.449 e. The molecule has 3 heteroatoms. The predicted molar refractivity (Wildman–Crippen MR) is 166 cm³/mol. The molecule has 0 N–H and O–H groups in total. The average Bonchev–Trinajstić information content (AvgIpc) is 3.60. The molecule has 188 valence electrons. The van der Waals surface area contributed by atoms with Crippen molar-refractivity contribution in [2.24, 2.45) is 0 Å². The minimum atomic E-state index is -1.86. The van der Waals surface area contributed by atoms with Crippen LogP contribution < -0.4 is 10.6 Å². The van der Waals surface area contributed by atoms with E-state index in [0.717, 1.165) is 6.54 Å². The van der Waals surface area contributed by atoms with E-state index in [2.05, 4.69) is 139 Å². The third kappa shape index (κ3) is 3.01. The van der Waals surface area contributed by atoms with Crippen molar-refractivity contribution in [3.63, 3.8) is 0 Å². The second-order valence-electron chi connectivity index (χ2n) is 11.3. The van der Waals surface area contributed by atoms with Crippen molar-refractivity contribution in [3.05, 3.63) is 137 Å². The number of aryl methyl sites for hydroxylation is 3. The lowest BCUT2D eigenvalue weighted by molar-refractivity contribution is -0.694. The van der Waals surface area contributed by atoms with Crippen molar-refractivity contribution in [1.82, 2.24) is 0 Å². The van der Waals surface area contributed by atoms with Crippen LogP contribution >= 0.6 is 7.26 Å². The summed E-state index contributed by atoms with van der Waals surface area (Å²) in [5.41, 5.74) is 11.0. The minimum absolute atomic E-state index is 0.246. The fourth-order valence-electron chi connectivity index (χ4n) is 7.78. The van der Waals surface area contributed by atoms with E-state index in [1.165, 1.54) is 72.5 Å². The van der Waals surface area contributed by atoms with Crippen molar-refractivity contribution in [2.75, 3.05) is 12.7 Å². The highest BCUT2D eigenvalue weighted by Crippen LogP contribution is 2.66. The van der Waals surface area contributed by atoms with Crippen LogP contribution in [0.15, 0.2) is 109 Å². The van der Waals surface area contributed by atoms with Gasteiger partial charge < -0.3 is 0 Å².